The average Bonchev–Trinajstić information content (AvgIpc) is 3.02. The quantitative estimate of drug-likeness (QED) is 0.713. The van der Waals surface area contributed by atoms with Gasteiger partial charge in [-0.25, -0.2) is 4.68 Å². The zero-order valence-electron chi connectivity index (χ0n) is 16.7. The van der Waals surface area contributed by atoms with Gasteiger partial charge in [0, 0.05) is 11.5 Å². The minimum Gasteiger partial charge on any atom is -0.310 e. The van der Waals surface area contributed by atoms with Crippen LogP contribution in [0.15, 0.2) is 54.6 Å². The van der Waals surface area contributed by atoms with Crippen molar-refractivity contribution in [1.82, 2.24) is 9.78 Å². The zero-order chi connectivity index (χ0) is 19.6. The molecule has 4 nitrogen and oxygen atoms in total. The van der Waals surface area contributed by atoms with Gasteiger partial charge in [0.15, 0.2) is 0 Å². The largest absolute Gasteiger partial charge is 0.310 e. The third-order valence-corrected chi connectivity index (χ3v) is 4.76. The molecule has 3 rings (SSSR count). The molecule has 1 amide bonds. The fourth-order valence-electron chi connectivity index (χ4n) is 2.95. The highest BCUT2D eigenvalue weighted by molar-refractivity contribution is 5.91. The smallest absolute Gasteiger partial charge is 0.229 e. The molecule has 2 aromatic carbocycles. The van der Waals surface area contributed by atoms with Gasteiger partial charge in [-0.15, -0.1) is 0 Å². The lowest BCUT2D eigenvalue weighted by Crippen LogP contribution is -2.17. The number of amides is 1. The van der Waals surface area contributed by atoms with Gasteiger partial charge in [0.1, 0.15) is 5.82 Å². The lowest BCUT2D eigenvalue weighted by atomic mass is 9.92. The predicted octanol–water partition coefficient (Wildman–Crippen LogP) is 4.97. The molecule has 0 saturated heterocycles. The van der Waals surface area contributed by atoms with E-state index >= 15 is 0 Å². The van der Waals surface area contributed by atoms with Crippen molar-refractivity contribution < 1.29 is 4.79 Å². The average molecular weight is 361 g/mol. The van der Waals surface area contributed by atoms with Gasteiger partial charge >= 0.3 is 0 Å². The first-order chi connectivity index (χ1) is 12.8. The number of nitrogens with zero attached hydrogens (tertiary/aromatic N) is 2. The lowest BCUT2D eigenvalue weighted by Gasteiger charge is -2.15. The maximum atomic E-state index is 12.6. The van der Waals surface area contributed by atoms with Crippen molar-refractivity contribution >= 4 is 11.7 Å². The molecule has 0 unspecified atom stereocenters. The van der Waals surface area contributed by atoms with E-state index in [0.29, 0.717) is 12.2 Å². The van der Waals surface area contributed by atoms with Gasteiger partial charge in [0.25, 0.3) is 0 Å². The number of carbonyl (C=O) groups is 1. The molecule has 0 aliphatic heterocycles. The molecule has 3 aromatic rings. The predicted molar refractivity (Wildman–Crippen MR) is 111 cm³/mol. The number of aromatic nitrogens is 2. The topological polar surface area (TPSA) is 46.9 Å². The molecule has 27 heavy (non-hydrogen) atoms. The molecule has 0 radical (unpaired) electrons. The maximum Gasteiger partial charge on any atom is 0.229 e. The Morgan fingerprint density at radius 3 is 2.41 bits per heavy atom. The molecule has 0 fully saturated rings. The van der Waals surface area contributed by atoms with Gasteiger partial charge < -0.3 is 5.32 Å². The summed E-state index contributed by atoms with van der Waals surface area (Å²) >= 11 is 0. The maximum absolute atomic E-state index is 12.6. The van der Waals surface area contributed by atoms with Gasteiger partial charge in [-0.2, -0.15) is 5.10 Å². The summed E-state index contributed by atoms with van der Waals surface area (Å²) in [6.07, 6.45) is 0.337. The van der Waals surface area contributed by atoms with Gasteiger partial charge in [-0.3, -0.25) is 4.79 Å². The first-order valence-corrected chi connectivity index (χ1v) is 9.26. The molecular formula is C23H27N3O. The number of benzene rings is 2. The summed E-state index contributed by atoms with van der Waals surface area (Å²) in [5, 5.41) is 7.87. The molecule has 0 aliphatic carbocycles. The van der Waals surface area contributed by atoms with Gasteiger partial charge in [0.2, 0.25) is 5.91 Å². The van der Waals surface area contributed by atoms with E-state index in [4.69, 9.17) is 5.10 Å². The van der Waals surface area contributed by atoms with E-state index in [2.05, 4.69) is 46.0 Å². The number of aryl methyl sites for hydroxylation is 1. The first kappa shape index (κ1) is 18.9. The van der Waals surface area contributed by atoms with E-state index in [1.165, 1.54) is 5.56 Å². The van der Waals surface area contributed by atoms with Crippen LogP contribution in [0.4, 0.5) is 5.82 Å². The molecule has 1 N–H and O–H groups in total. The molecule has 0 spiro atoms. The third kappa shape index (κ3) is 4.27. The number of hydrogen-bond donors (Lipinski definition) is 1. The van der Waals surface area contributed by atoms with Crippen molar-refractivity contribution in [2.75, 3.05) is 5.32 Å². The van der Waals surface area contributed by atoms with Gasteiger partial charge in [-0.05, 0) is 36.6 Å². The van der Waals surface area contributed by atoms with E-state index in [1.54, 1.807) is 0 Å². The monoisotopic (exact) mass is 361 g/mol. The molecule has 0 bridgehead atoms. The number of nitrogens with one attached hydrogen (secondary N) is 1. The summed E-state index contributed by atoms with van der Waals surface area (Å²) < 4.78 is 1.85. The van der Waals surface area contributed by atoms with Crippen molar-refractivity contribution in [1.29, 1.82) is 0 Å². The molecule has 1 aromatic heterocycles. The highest BCUT2D eigenvalue weighted by atomic mass is 16.1. The van der Waals surface area contributed by atoms with Crippen LogP contribution >= 0.6 is 0 Å². The van der Waals surface area contributed by atoms with E-state index in [1.807, 2.05) is 53.2 Å². The Balaban J connectivity index is 1.97. The first-order valence-electron chi connectivity index (χ1n) is 9.26. The van der Waals surface area contributed by atoms with Crippen LogP contribution in [0.25, 0.3) is 5.69 Å². The van der Waals surface area contributed by atoms with Crippen LogP contribution < -0.4 is 5.32 Å². The second-order valence-electron chi connectivity index (χ2n) is 8.01. The number of anilines is 1. The Bertz CT molecular complexity index is 949. The Hall–Kier alpha value is -2.88. The Labute approximate surface area is 161 Å². The fourth-order valence-corrected chi connectivity index (χ4v) is 2.95. The fraction of sp³-hybridized carbons (Fsp3) is 0.304. The van der Waals surface area contributed by atoms with E-state index in [-0.39, 0.29) is 11.3 Å². The van der Waals surface area contributed by atoms with Crippen LogP contribution in [0, 0.1) is 13.8 Å². The van der Waals surface area contributed by atoms with Crippen molar-refractivity contribution in [3.8, 4) is 5.69 Å². The Kier molecular flexibility index (Phi) is 5.17. The number of carbonyl (C=O) groups excluding carboxylic acids is 1. The molecule has 4 heteroatoms. The van der Waals surface area contributed by atoms with Crippen LogP contribution in [0.1, 0.15) is 43.2 Å². The number of hydrogen-bond acceptors (Lipinski definition) is 2. The van der Waals surface area contributed by atoms with Crippen LogP contribution in [0.3, 0.4) is 0 Å². The second kappa shape index (κ2) is 7.39. The minimum absolute atomic E-state index is 0.0480. The highest BCUT2D eigenvalue weighted by Crippen LogP contribution is 2.28. The third-order valence-electron chi connectivity index (χ3n) is 4.76. The SMILES string of the molecule is Cc1cccc(-n2nc(C(C)(C)C)cc2NC(=O)Cc2ccccc2)c1C. The molecular weight excluding hydrogens is 334 g/mol. The minimum atomic E-state index is -0.109. The molecule has 0 aliphatic rings. The van der Waals surface area contributed by atoms with Crippen LogP contribution in [0.2, 0.25) is 0 Å². The van der Waals surface area contributed by atoms with E-state index in [0.717, 1.165) is 22.5 Å². The Morgan fingerprint density at radius 2 is 1.74 bits per heavy atom. The van der Waals surface area contributed by atoms with Crippen molar-refractivity contribution in [3.63, 3.8) is 0 Å². The molecule has 1 heterocycles. The van der Waals surface area contributed by atoms with Crippen LogP contribution in [0.5, 0.6) is 0 Å². The normalized spacial score (nSPS) is 11.4. The summed E-state index contributed by atoms with van der Waals surface area (Å²) in [6, 6.07) is 17.9. The van der Waals surface area contributed by atoms with Crippen molar-refractivity contribution in [2.24, 2.45) is 0 Å². The number of rotatable bonds is 4. The van der Waals surface area contributed by atoms with Crippen LogP contribution in [-0.2, 0) is 16.6 Å². The summed E-state index contributed by atoms with van der Waals surface area (Å²) in [4.78, 5) is 12.6. The summed E-state index contributed by atoms with van der Waals surface area (Å²) in [7, 11) is 0. The zero-order valence-corrected chi connectivity index (χ0v) is 16.7. The molecule has 0 atom stereocenters. The Morgan fingerprint density at radius 1 is 1.04 bits per heavy atom. The van der Waals surface area contributed by atoms with Crippen LogP contribution in [-0.4, -0.2) is 15.7 Å². The van der Waals surface area contributed by atoms with Crippen molar-refractivity contribution in [2.45, 2.75) is 46.5 Å². The lowest BCUT2D eigenvalue weighted by molar-refractivity contribution is -0.115. The summed E-state index contributed by atoms with van der Waals surface area (Å²) in [5.41, 5.74) is 5.16. The van der Waals surface area contributed by atoms with Gasteiger partial charge in [-0.1, -0.05) is 63.2 Å². The van der Waals surface area contributed by atoms with E-state index in [9.17, 15) is 4.79 Å². The van der Waals surface area contributed by atoms with E-state index < -0.39 is 0 Å². The van der Waals surface area contributed by atoms with Gasteiger partial charge in [0.05, 0.1) is 17.8 Å². The van der Waals surface area contributed by atoms with Crippen molar-refractivity contribution in [3.05, 3.63) is 77.0 Å². The summed E-state index contributed by atoms with van der Waals surface area (Å²) in [5.74, 6) is 0.655. The standard InChI is InChI=1S/C23H27N3O/c1-16-10-9-13-19(17(16)2)26-21(15-20(25-26)23(3,4)5)24-22(27)14-18-11-7-6-8-12-18/h6-13,15H,14H2,1-5H3,(H,24,27). The molecule has 140 valence electrons. The highest BCUT2D eigenvalue weighted by Gasteiger charge is 2.22. The summed E-state index contributed by atoms with van der Waals surface area (Å²) in [6.45, 7) is 10.5. The second-order valence-corrected chi connectivity index (χ2v) is 8.01. The molecule has 0 saturated carbocycles.